The molecule has 1 aliphatic carbocycles. The molecule has 0 amide bonds. The second-order valence-corrected chi connectivity index (χ2v) is 4.87. The van der Waals surface area contributed by atoms with E-state index in [1.165, 1.54) is 10.9 Å². The van der Waals surface area contributed by atoms with Gasteiger partial charge in [-0.2, -0.15) is 0 Å². The number of carbonyl (C=O) groups is 1. The number of aromatic nitrogens is 2. The molecule has 0 radical (unpaired) electrons. The Morgan fingerprint density at radius 2 is 2.24 bits per heavy atom. The highest BCUT2D eigenvalue weighted by atomic mass is 16.4. The third-order valence-corrected chi connectivity index (χ3v) is 2.98. The average molecular weight is 236 g/mol. The van der Waals surface area contributed by atoms with Gasteiger partial charge in [-0.1, -0.05) is 13.8 Å². The van der Waals surface area contributed by atoms with Gasteiger partial charge in [0.05, 0.1) is 12.0 Å². The Morgan fingerprint density at radius 1 is 1.59 bits per heavy atom. The summed E-state index contributed by atoms with van der Waals surface area (Å²) in [6.45, 7) is 4.25. The molecule has 17 heavy (non-hydrogen) atoms. The van der Waals surface area contributed by atoms with Crippen molar-refractivity contribution < 1.29 is 9.90 Å². The largest absolute Gasteiger partial charge is 0.477 e. The minimum Gasteiger partial charge on any atom is -0.477 e. The first-order valence-electron chi connectivity index (χ1n) is 5.83. The van der Waals surface area contributed by atoms with Crippen molar-refractivity contribution in [2.45, 2.75) is 39.2 Å². The molecule has 0 saturated heterocycles. The number of hydrogen-bond donors (Lipinski definition) is 1. The maximum atomic E-state index is 12.0. The van der Waals surface area contributed by atoms with Crippen LogP contribution in [0.4, 0.5) is 0 Å². The summed E-state index contributed by atoms with van der Waals surface area (Å²) in [6, 6.07) is 0. The number of hydrogen-bond acceptors (Lipinski definition) is 3. The summed E-state index contributed by atoms with van der Waals surface area (Å²) >= 11 is 0. The first-order chi connectivity index (χ1) is 8.00. The van der Waals surface area contributed by atoms with Gasteiger partial charge >= 0.3 is 5.97 Å². The highest BCUT2D eigenvalue weighted by Gasteiger charge is 2.25. The van der Waals surface area contributed by atoms with Crippen molar-refractivity contribution in [2.24, 2.45) is 5.92 Å². The molecule has 0 spiro atoms. The van der Waals surface area contributed by atoms with E-state index in [9.17, 15) is 9.59 Å². The van der Waals surface area contributed by atoms with Gasteiger partial charge in [0.2, 0.25) is 0 Å². The van der Waals surface area contributed by atoms with Gasteiger partial charge in [0.15, 0.2) is 0 Å². The number of rotatable bonds is 4. The van der Waals surface area contributed by atoms with E-state index in [4.69, 9.17) is 5.11 Å². The summed E-state index contributed by atoms with van der Waals surface area (Å²) < 4.78 is 1.42. The van der Waals surface area contributed by atoms with Crippen LogP contribution in [0, 0.1) is 5.92 Å². The van der Waals surface area contributed by atoms with E-state index < -0.39 is 11.5 Å². The molecule has 2 rings (SSSR count). The lowest BCUT2D eigenvalue weighted by Crippen LogP contribution is -2.30. The Labute approximate surface area is 99.1 Å². The Hall–Kier alpha value is -1.65. The van der Waals surface area contributed by atoms with Crippen LogP contribution in [0.15, 0.2) is 11.1 Å². The number of carboxylic acids is 1. The highest BCUT2D eigenvalue weighted by Crippen LogP contribution is 2.30. The van der Waals surface area contributed by atoms with E-state index in [1.54, 1.807) is 0 Å². The molecular weight excluding hydrogens is 220 g/mol. The first-order valence-corrected chi connectivity index (χ1v) is 5.83. The summed E-state index contributed by atoms with van der Waals surface area (Å²) in [5.41, 5.74) is -0.235. The molecule has 1 aromatic rings. The third kappa shape index (κ3) is 2.38. The minimum absolute atomic E-state index is 0.0654. The topological polar surface area (TPSA) is 72.2 Å². The molecule has 1 N–H and O–H groups in total. The van der Waals surface area contributed by atoms with Gasteiger partial charge in [-0.05, 0) is 24.7 Å². The van der Waals surface area contributed by atoms with Crippen molar-refractivity contribution in [3.63, 3.8) is 0 Å². The fraction of sp³-hybridized carbons (Fsp3) is 0.583. The molecule has 0 aliphatic heterocycles. The summed E-state index contributed by atoms with van der Waals surface area (Å²) in [5.74, 6) is -0.734. The van der Waals surface area contributed by atoms with Crippen LogP contribution in [-0.2, 0) is 6.54 Å². The molecule has 1 fully saturated rings. The van der Waals surface area contributed by atoms with Gasteiger partial charge in [-0.25, -0.2) is 9.78 Å². The third-order valence-electron chi connectivity index (χ3n) is 2.98. The van der Waals surface area contributed by atoms with Crippen LogP contribution >= 0.6 is 0 Å². The van der Waals surface area contributed by atoms with E-state index in [1.807, 2.05) is 13.8 Å². The lowest BCUT2D eigenvalue weighted by molar-refractivity contribution is 0.0691. The minimum atomic E-state index is -1.18. The van der Waals surface area contributed by atoms with Gasteiger partial charge in [-0.3, -0.25) is 9.36 Å². The molecule has 0 bridgehead atoms. The first kappa shape index (κ1) is 11.8. The number of carboxylic acid groups (broad SMARTS) is 1. The zero-order chi connectivity index (χ0) is 12.6. The van der Waals surface area contributed by atoms with Crippen LogP contribution in [-0.4, -0.2) is 20.6 Å². The van der Waals surface area contributed by atoms with Crippen molar-refractivity contribution in [1.82, 2.24) is 9.55 Å². The maximum absolute atomic E-state index is 12.0. The Kier molecular flexibility index (Phi) is 3.00. The molecular formula is C12H16N2O3. The highest BCUT2D eigenvalue weighted by molar-refractivity contribution is 5.88. The molecule has 5 heteroatoms. The van der Waals surface area contributed by atoms with Crippen LogP contribution in [0.25, 0.3) is 0 Å². The second kappa shape index (κ2) is 4.31. The summed E-state index contributed by atoms with van der Waals surface area (Å²) in [5, 5.41) is 9.12. The molecule has 0 aromatic carbocycles. The smallest absolute Gasteiger partial charge is 0.343 e. The lowest BCUT2D eigenvalue weighted by atomic mass is 10.1. The van der Waals surface area contributed by atoms with Crippen molar-refractivity contribution in [3.8, 4) is 0 Å². The van der Waals surface area contributed by atoms with Gasteiger partial charge in [0, 0.05) is 6.54 Å². The lowest BCUT2D eigenvalue weighted by Gasteiger charge is -2.11. The number of aromatic carboxylic acids is 1. The van der Waals surface area contributed by atoms with Gasteiger partial charge < -0.3 is 5.11 Å². The van der Waals surface area contributed by atoms with Crippen LogP contribution in [0.2, 0.25) is 0 Å². The SMILES string of the molecule is CC(C)c1ncn(CC2CC2)c(=O)c1C(=O)O. The van der Waals surface area contributed by atoms with E-state index in [2.05, 4.69) is 4.98 Å². The Balaban J connectivity index is 2.48. The average Bonchev–Trinajstić information content (AvgIpc) is 3.03. The Morgan fingerprint density at radius 3 is 2.71 bits per heavy atom. The standard InChI is InChI=1S/C12H16N2O3/c1-7(2)10-9(12(16)17)11(15)14(6-13-10)5-8-3-4-8/h6-8H,3-5H2,1-2H3,(H,16,17). The van der Waals surface area contributed by atoms with Crippen molar-refractivity contribution in [2.75, 3.05) is 0 Å². The maximum Gasteiger partial charge on any atom is 0.343 e. The zero-order valence-electron chi connectivity index (χ0n) is 10.0. The second-order valence-electron chi connectivity index (χ2n) is 4.87. The van der Waals surface area contributed by atoms with E-state index in [-0.39, 0.29) is 11.5 Å². The van der Waals surface area contributed by atoms with Crippen LogP contribution in [0.3, 0.4) is 0 Å². The molecule has 0 unspecified atom stereocenters. The fourth-order valence-corrected chi connectivity index (χ4v) is 1.85. The summed E-state index contributed by atoms with van der Waals surface area (Å²) in [7, 11) is 0. The molecule has 1 aromatic heterocycles. The van der Waals surface area contributed by atoms with Crippen LogP contribution in [0.5, 0.6) is 0 Å². The predicted molar refractivity (Wildman–Crippen MR) is 62.3 cm³/mol. The normalized spacial score (nSPS) is 15.2. The molecule has 1 saturated carbocycles. The van der Waals surface area contributed by atoms with Crippen molar-refractivity contribution in [1.29, 1.82) is 0 Å². The quantitative estimate of drug-likeness (QED) is 0.859. The summed E-state index contributed by atoms with van der Waals surface area (Å²) in [6.07, 6.45) is 3.70. The van der Waals surface area contributed by atoms with Crippen molar-refractivity contribution >= 4 is 5.97 Å². The van der Waals surface area contributed by atoms with Gasteiger partial charge in [0.1, 0.15) is 5.56 Å². The monoisotopic (exact) mass is 236 g/mol. The van der Waals surface area contributed by atoms with Crippen molar-refractivity contribution in [3.05, 3.63) is 27.9 Å². The predicted octanol–water partition coefficient (Wildman–Crippen LogP) is 1.47. The van der Waals surface area contributed by atoms with Crippen LogP contribution in [0.1, 0.15) is 48.7 Å². The van der Waals surface area contributed by atoms with Crippen LogP contribution < -0.4 is 5.56 Å². The number of nitrogens with zero attached hydrogens (tertiary/aromatic N) is 2. The molecule has 1 aliphatic rings. The fourth-order valence-electron chi connectivity index (χ4n) is 1.85. The zero-order valence-corrected chi connectivity index (χ0v) is 10.0. The van der Waals surface area contributed by atoms with Gasteiger partial charge in [0.25, 0.3) is 5.56 Å². The van der Waals surface area contributed by atoms with Gasteiger partial charge in [-0.15, -0.1) is 0 Å². The van der Waals surface area contributed by atoms with E-state index >= 15 is 0 Å². The van der Waals surface area contributed by atoms with E-state index in [0.717, 1.165) is 12.8 Å². The molecule has 1 heterocycles. The molecule has 92 valence electrons. The molecule has 0 atom stereocenters. The van der Waals surface area contributed by atoms with E-state index in [0.29, 0.717) is 18.2 Å². The molecule has 5 nitrogen and oxygen atoms in total. The summed E-state index contributed by atoms with van der Waals surface area (Å²) in [4.78, 5) is 27.3. The Bertz CT molecular complexity index is 501.